The molecule has 0 fully saturated rings. The molecule has 4 nitrogen and oxygen atoms in total. The first-order chi connectivity index (χ1) is 10.2. The van der Waals surface area contributed by atoms with Crippen molar-refractivity contribution in [1.82, 2.24) is 0 Å². The molecular formula is C16H17FN2O2. The number of nitrogens with two attached hydrogens (primary N) is 1. The smallest absolute Gasteiger partial charge is 0.228 e. The first kappa shape index (κ1) is 15.0. The van der Waals surface area contributed by atoms with E-state index in [2.05, 4.69) is 5.32 Å². The summed E-state index contributed by atoms with van der Waals surface area (Å²) in [7, 11) is 0. The first-order valence-corrected chi connectivity index (χ1v) is 6.65. The van der Waals surface area contributed by atoms with Crippen LogP contribution in [0, 0.1) is 5.82 Å². The molecule has 0 saturated carbocycles. The van der Waals surface area contributed by atoms with E-state index in [1.165, 1.54) is 12.1 Å². The van der Waals surface area contributed by atoms with Crippen molar-refractivity contribution < 1.29 is 13.9 Å². The molecule has 0 unspecified atom stereocenters. The van der Waals surface area contributed by atoms with Crippen molar-refractivity contribution in [3.63, 3.8) is 0 Å². The van der Waals surface area contributed by atoms with Crippen LogP contribution in [0.5, 0.6) is 5.75 Å². The summed E-state index contributed by atoms with van der Waals surface area (Å²) in [6.45, 7) is 0.766. The van der Waals surface area contributed by atoms with E-state index < -0.39 is 0 Å². The van der Waals surface area contributed by atoms with Crippen molar-refractivity contribution in [2.75, 3.05) is 18.5 Å². The molecular weight excluding hydrogens is 271 g/mol. The van der Waals surface area contributed by atoms with Crippen LogP contribution in [-0.4, -0.2) is 19.1 Å². The Kier molecular flexibility index (Phi) is 5.29. The fourth-order valence-electron chi connectivity index (χ4n) is 1.89. The first-order valence-electron chi connectivity index (χ1n) is 6.65. The van der Waals surface area contributed by atoms with Crippen LogP contribution in [-0.2, 0) is 11.2 Å². The van der Waals surface area contributed by atoms with E-state index in [0.29, 0.717) is 30.2 Å². The van der Waals surface area contributed by atoms with Gasteiger partial charge in [0.05, 0.1) is 12.1 Å². The van der Waals surface area contributed by atoms with Gasteiger partial charge < -0.3 is 15.8 Å². The van der Waals surface area contributed by atoms with Crippen LogP contribution in [0.4, 0.5) is 10.1 Å². The molecule has 110 valence electrons. The van der Waals surface area contributed by atoms with Gasteiger partial charge in [0.2, 0.25) is 5.91 Å². The lowest BCUT2D eigenvalue weighted by atomic mass is 10.1. The predicted octanol–water partition coefficient (Wildman–Crippen LogP) is 2.34. The van der Waals surface area contributed by atoms with E-state index in [9.17, 15) is 9.18 Å². The van der Waals surface area contributed by atoms with Crippen molar-refractivity contribution >= 4 is 11.6 Å². The van der Waals surface area contributed by atoms with Gasteiger partial charge in [0.25, 0.3) is 0 Å². The number of rotatable bonds is 6. The molecule has 21 heavy (non-hydrogen) atoms. The van der Waals surface area contributed by atoms with Gasteiger partial charge in [-0.05, 0) is 29.8 Å². The summed E-state index contributed by atoms with van der Waals surface area (Å²) in [5, 5.41) is 2.76. The Morgan fingerprint density at radius 3 is 2.76 bits per heavy atom. The van der Waals surface area contributed by atoms with E-state index in [4.69, 9.17) is 10.5 Å². The summed E-state index contributed by atoms with van der Waals surface area (Å²) in [5.74, 6) is -0.0214. The van der Waals surface area contributed by atoms with E-state index in [0.717, 1.165) is 0 Å². The highest BCUT2D eigenvalue weighted by Gasteiger charge is 2.08. The van der Waals surface area contributed by atoms with E-state index >= 15 is 0 Å². The maximum Gasteiger partial charge on any atom is 0.228 e. The second kappa shape index (κ2) is 7.40. The normalized spacial score (nSPS) is 10.2. The van der Waals surface area contributed by atoms with Crippen LogP contribution in [0.3, 0.4) is 0 Å². The van der Waals surface area contributed by atoms with Crippen molar-refractivity contribution in [1.29, 1.82) is 0 Å². The highest BCUT2D eigenvalue weighted by Crippen LogP contribution is 2.23. The molecule has 0 aliphatic heterocycles. The number of hydrogen-bond acceptors (Lipinski definition) is 3. The molecule has 0 heterocycles. The third-order valence-corrected chi connectivity index (χ3v) is 2.79. The van der Waals surface area contributed by atoms with E-state index in [1.54, 1.807) is 30.3 Å². The van der Waals surface area contributed by atoms with E-state index in [-0.39, 0.29) is 18.1 Å². The highest BCUT2D eigenvalue weighted by molar-refractivity contribution is 5.93. The monoisotopic (exact) mass is 288 g/mol. The molecule has 0 aliphatic rings. The molecule has 0 aromatic heterocycles. The number of anilines is 1. The van der Waals surface area contributed by atoms with E-state index in [1.807, 2.05) is 6.07 Å². The van der Waals surface area contributed by atoms with Crippen molar-refractivity contribution in [2.24, 2.45) is 5.73 Å². The van der Waals surface area contributed by atoms with Crippen LogP contribution in [0.1, 0.15) is 5.56 Å². The summed E-state index contributed by atoms with van der Waals surface area (Å²) < 4.78 is 18.5. The topological polar surface area (TPSA) is 64.3 Å². The lowest BCUT2D eigenvalue weighted by molar-refractivity contribution is -0.115. The maximum absolute atomic E-state index is 13.1. The second-order valence-corrected chi connectivity index (χ2v) is 4.49. The minimum absolute atomic E-state index is 0.100. The molecule has 5 heteroatoms. The number of halogens is 1. The molecule has 0 radical (unpaired) electrons. The number of amides is 1. The number of para-hydroxylation sites is 2. The van der Waals surface area contributed by atoms with Gasteiger partial charge in [-0.15, -0.1) is 0 Å². The molecule has 2 rings (SSSR count). The predicted molar refractivity (Wildman–Crippen MR) is 79.7 cm³/mol. The molecule has 0 aliphatic carbocycles. The number of benzene rings is 2. The average molecular weight is 288 g/mol. The summed E-state index contributed by atoms with van der Waals surface area (Å²) in [5.41, 5.74) is 6.59. The van der Waals surface area contributed by atoms with Gasteiger partial charge in [0, 0.05) is 6.54 Å². The summed E-state index contributed by atoms with van der Waals surface area (Å²) in [6, 6.07) is 13.1. The number of ether oxygens (including phenoxy) is 1. The third kappa shape index (κ3) is 4.57. The molecule has 0 bridgehead atoms. The number of carbonyl (C=O) groups is 1. The van der Waals surface area contributed by atoms with Crippen LogP contribution in [0.2, 0.25) is 0 Å². The fraction of sp³-hybridized carbons (Fsp3) is 0.188. The van der Waals surface area contributed by atoms with Crippen LogP contribution in [0.25, 0.3) is 0 Å². The largest absolute Gasteiger partial charge is 0.490 e. The molecule has 2 aromatic carbocycles. The van der Waals surface area contributed by atoms with Gasteiger partial charge in [-0.2, -0.15) is 0 Å². The van der Waals surface area contributed by atoms with Gasteiger partial charge in [-0.1, -0.05) is 24.3 Å². The van der Waals surface area contributed by atoms with Crippen molar-refractivity contribution in [2.45, 2.75) is 6.42 Å². The Morgan fingerprint density at radius 1 is 1.19 bits per heavy atom. The maximum atomic E-state index is 13.1. The zero-order valence-electron chi connectivity index (χ0n) is 11.5. The molecule has 0 saturated heterocycles. The quantitative estimate of drug-likeness (QED) is 0.857. The zero-order valence-corrected chi connectivity index (χ0v) is 11.5. The van der Waals surface area contributed by atoms with Crippen molar-refractivity contribution in [3.05, 3.63) is 59.9 Å². The Morgan fingerprint density at radius 2 is 2.00 bits per heavy atom. The molecule has 1 amide bonds. The Bertz CT molecular complexity index is 617. The lowest BCUT2D eigenvalue weighted by Crippen LogP contribution is -2.16. The Hall–Kier alpha value is -2.40. The SMILES string of the molecule is NCCOc1ccccc1NC(=O)Cc1cccc(F)c1. The van der Waals surface area contributed by atoms with Crippen LogP contribution in [0.15, 0.2) is 48.5 Å². The second-order valence-electron chi connectivity index (χ2n) is 4.49. The summed E-state index contributed by atoms with van der Waals surface area (Å²) >= 11 is 0. The molecule has 3 N–H and O–H groups in total. The minimum Gasteiger partial charge on any atom is -0.490 e. The Labute approximate surface area is 122 Å². The minimum atomic E-state index is -0.355. The molecule has 0 atom stereocenters. The third-order valence-electron chi connectivity index (χ3n) is 2.79. The van der Waals surface area contributed by atoms with Crippen LogP contribution < -0.4 is 15.8 Å². The lowest BCUT2D eigenvalue weighted by Gasteiger charge is -2.11. The van der Waals surface area contributed by atoms with Crippen molar-refractivity contribution in [3.8, 4) is 5.75 Å². The summed E-state index contributed by atoms with van der Waals surface area (Å²) in [4.78, 5) is 12.0. The van der Waals surface area contributed by atoms with Crippen LogP contribution >= 0.6 is 0 Å². The van der Waals surface area contributed by atoms with Gasteiger partial charge in [-0.3, -0.25) is 4.79 Å². The Balaban J connectivity index is 2.02. The zero-order chi connectivity index (χ0) is 15.1. The average Bonchev–Trinajstić information content (AvgIpc) is 2.46. The van der Waals surface area contributed by atoms with Gasteiger partial charge >= 0.3 is 0 Å². The molecule has 0 spiro atoms. The number of carbonyl (C=O) groups excluding carboxylic acids is 1. The summed E-state index contributed by atoms with van der Waals surface area (Å²) in [6.07, 6.45) is 0.100. The van der Waals surface area contributed by atoms with Gasteiger partial charge in [-0.25, -0.2) is 4.39 Å². The number of hydrogen-bond donors (Lipinski definition) is 2. The number of nitrogens with one attached hydrogen (secondary N) is 1. The van der Waals surface area contributed by atoms with Gasteiger partial charge in [0.15, 0.2) is 0 Å². The standard InChI is InChI=1S/C16H17FN2O2/c17-13-5-3-4-12(10-13)11-16(20)19-14-6-1-2-7-15(14)21-9-8-18/h1-7,10H,8-9,11,18H2,(H,19,20). The molecule has 2 aromatic rings. The highest BCUT2D eigenvalue weighted by atomic mass is 19.1. The fourth-order valence-corrected chi connectivity index (χ4v) is 1.89. The van der Waals surface area contributed by atoms with Gasteiger partial charge in [0.1, 0.15) is 18.2 Å².